The van der Waals surface area contributed by atoms with Gasteiger partial charge in [0.1, 0.15) is 11.4 Å². The maximum absolute atomic E-state index is 12.9. The number of sulfone groups is 1. The summed E-state index contributed by atoms with van der Waals surface area (Å²) in [5.74, 6) is -3.94. The summed E-state index contributed by atoms with van der Waals surface area (Å²) in [7, 11) is -0.150. The number of aliphatic carboxylic acids is 1. The minimum Gasteiger partial charge on any atom is -0.477 e. The molecule has 0 bridgehead atoms. The number of likely N-dealkylation sites (N-methyl/N-ethyl adjacent to an activating group) is 1. The quantitative estimate of drug-likeness (QED) is 0.350. The van der Waals surface area contributed by atoms with Crippen LogP contribution in [0.25, 0.3) is 0 Å². The molecule has 184 valence electrons. The molecule has 3 aliphatic heterocycles. The van der Waals surface area contributed by atoms with Crippen LogP contribution in [0.3, 0.4) is 0 Å². The maximum atomic E-state index is 12.9. The van der Waals surface area contributed by atoms with E-state index in [2.05, 4.69) is 10.6 Å². The number of rotatable bonds is 8. The van der Waals surface area contributed by atoms with Crippen molar-refractivity contribution in [3.63, 3.8) is 0 Å². The summed E-state index contributed by atoms with van der Waals surface area (Å²) >= 11 is 1.38. The summed E-state index contributed by atoms with van der Waals surface area (Å²) in [6.07, 6.45) is 1.50. The molecule has 2 saturated heterocycles. The third-order valence-electron chi connectivity index (χ3n) is 6.24. The van der Waals surface area contributed by atoms with E-state index >= 15 is 0 Å². The van der Waals surface area contributed by atoms with Crippen molar-refractivity contribution in [1.82, 2.24) is 20.4 Å². The third-order valence-corrected chi connectivity index (χ3v) is 8.53. The number of β-lactam (4-membered cyclic amide) rings is 1. The number of carboxylic acids is 1. The molecular formula is C20H30N4O7S2. The molecule has 0 aromatic heterocycles. The highest BCUT2D eigenvalue weighted by Gasteiger charge is 2.60. The number of carbonyl (C=O) groups excluding carboxylic acids is 3. The van der Waals surface area contributed by atoms with Gasteiger partial charge in [-0.2, -0.15) is 0 Å². The second-order valence-corrected chi connectivity index (χ2v) is 12.6. The fraction of sp³-hybridized carbons (Fsp3) is 0.700. The fourth-order valence-electron chi connectivity index (χ4n) is 4.79. The molecule has 3 heterocycles. The predicted octanol–water partition coefficient (Wildman–Crippen LogP) is -1.14. The van der Waals surface area contributed by atoms with Crippen molar-refractivity contribution in [2.75, 3.05) is 32.6 Å². The predicted molar refractivity (Wildman–Crippen MR) is 122 cm³/mol. The molecule has 0 aliphatic carbocycles. The zero-order valence-corrected chi connectivity index (χ0v) is 20.8. The Morgan fingerprint density at radius 1 is 1.33 bits per heavy atom. The normalized spacial score (nSPS) is 30.0. The Balaban J connectivity index is 1.73. The summed E-state index contributed by atoms with van der Waals surface area (Å²) in [6.45, 7) is 4.01. The van der Waals surface area contributed by atoms with Gasteiger partial charge in [0, 0.05) is 49.0 Å². The number of hydrogen-bond acceptors (Lipinski definition) is 8. The average molecular weight is 503 g/mol. The zero-order chi connectivity index (χ0) is 24.8. The molecule has 0 saturated carbocycles. The van der Waals surface area contributed by atoms with Crippen LogP contribution in [-0.2, 0) is 29.0 Å². The molecular weight excluding hydrogens is 472 g/mol. The van der Waals surface area contributed by atoms with Crippen LogP contribution in [0.1, 0.15) is 20.3 Å². The second kappa shape index (κ2) is 9.26. The molecule has 0 spiro atoms. The largest absolute Gasteiger partial charge is 0.477 e. The van der Waals surface area contributed by atoms with Crippen LogP contribution in [0.4, 0.5) is 0 Å². The van der Waals surface area contributed by atoms with Crippen LogP contribution in [-0.4, -0.2) is 103 Å². The second-order valence-electron chi connectivity index (χ2n) is 9.13. The molecule has 11 nitrogen and oxygen atoms in total. The Morgan fingerprint density at radius 3 is 2.52 bits per heavy atom. The molecule has 3 rings (SSSR count). The summed E-state index contributed by atoms with van der Waals surface area (Å²) < 4.78 is 22.7. The lowest BCUT2D eigenvalue weighted by Gasteiger charge is -2.47. The molecule has 0 aromatic carbocycles. The van der Waals surface area contributed by atoms with Crippen molar-refractivity contribution in [2.24, 2.45) is 11.8 Å². The van der Waals surface area contributed by atoms with Gasteiger partial charge in [-0.3, -0.25) is 14.4 Å². The monoisotopic (exact) mass is 502 g/mol. The van der Waals surface area contributed by atoms with Gasteiger partial charge >= 0.3 is 5.97 Å². The molecule has 0 radical (unpaired) electrons. The van der Waals surface area contributed by atoms with E-state index in [-0.39, 0.29) is 28.8 Å². The van der Waals surface area contributed by atoms with E-state index in [9.17, 15) is 32.7 Å². The van der Waals surface area contributed by atoms with Gasteiger partial charge in [-0.25, -0.2) is 13.2 Å². The first kappa shape index (κ1) is 25.5. The van der Waals surface area contributed by atoms with Crippen molar-refractivity contribution >= 4 is 45.3 Å². The smallest absolute Gasteiger partial charge is 0.353 e. The van der Waals surface area contributed by atoms with Crippen LogP contribution < -0.4 is 10.6 Å². The van der Waals surface area contributed by atoms with Gasteiger partial charge in [0.05, 0.1) is 18.0 Å². The van der Waals surface area contributed by atoms with Crippen molar-refractivity contribution in [1.29, 1.82) is 0 Å². The number of carboxylic acid groups (broad SMARTS) is 1. The van der Waals surface area contributed by atoms with Gasteiger partial charge in [-0.1, -0.05) is 6.92 Å². The Labute approximate surface area is 197 Å². The highest BCUT2D eigenvalue weighted by Crippen LogP contribution is 2.51. The standard InChI is InChI=1S/C20H30N4O7S2/c1-9-15-14(10(2)22-13(25)8-33(5,30)31)19(27)24(15)16(20(28)29)17(9)32-11-6-12(21-7-11)18(26)23(3)4/h9-12,14-15,21H,6-8H2,1-5H3,(H,22,25)(H,28,29)/t9-,10?,11+,12+,14-,15-/m1/s1. The van der Waals surface area contributed by atoms with Crippen LogP contribution >= 0.6 is 11.8 Å². The zero-order valence-electron chi connectivity index (χ0n) is 19.2. The van der Waals surface area contributed by atoms with E-state index < -0.39 is 51.4 Å². The van der Waals surface area contributed by atoms with E-state index in [0.29, 0.717) is 17.9 Å². The molecule has 3 aliphatic rings. The summed E-state index contributed by atoms with van der Waals surface area (Å²) in [4.78, 5) is 52.6. The van der Waals surface area contributed by atoms with Gasteiger partial charge < -0.3 is 25.5 Å². The average Bonchev–Trinajstić information content (AvgIpc) is 3.22. The number of fused-ring (bicyclic) bond motifs is 1. The molecule has 33 heavy (non-hydrogen) atoms. The number of hydrogen-bond donors (Lipinski definition) is 3. The van der Waals surface area contributed by atoms with Crippen molar-refractivity contribution < 1.29 is 32.7 Å². The van der Waals surface area contributed by atoms with Crippen molar-refractivity contribution in [3.8, 4) is 0 Å². The minimum atomic E-state index is -3.51. The Bertz CT molecular complexity index is 1010. The van der Waals surface area contributed by atoms with Crippen molar-refractivity contribution in [3.05, 3.63) is 10.6 Å². The first-order valence-corrected chi connectivity index (χ1v) is 13.6. The van der Waals surface area contributed by atoms with Gasteiger partial charge in [0.2, 0.25) is 17.7 Å². The lowest BCUT2D eigenvalue weighted by atomic mass is 9.78. The van der Waals surface area contributed by atoms with E-state index in [1.807, 2.05) is 6.92 Å². The van der Waals surface area contributed by atoms with Crippen LogP contribution in [0.15, 0.2) is 10.6 Å². The highest BCUT2D eigenvalue weighted by atomic mass is 32.2. The minimum absolute atomic E-state index is 0.0233. The van der Waals surface area contributed by atoms with E-state index in [1.165, 1.54) is 21.6 Å². The first-order chi connectivity index (χ1) is 15.2. The van der Waals surface area contributed by atoms with Gasteiger partial charge in [0.15, 0.2) is 9.84 Å². The van der Waals surface area contributed by atoms with Gasteiger partial charge in [-0.15, -0.1) is 11.8 Å². The fourth-order valence-corrected chi connectivity index (χ4v) is 6.83. The van der Waals surface area contributed by atoms with Crippen LogP contribution in [0, 0.1) is 11.8 Å². The van der Waals surface area contributed by atoms with Crippen LogP contribution in [0.2, 0.25) is 0 Å². The molecule has 3 amide bonds. The molecule has 1 unspecified atom stereocenters. The number of amides is 3. The topological polar surface area (TPSA) is 153 Å². The Morgan fingerprint density at radius 2 is 1.97 bits per heavy atom. The van der Waals surface area contributed by atoms with Crippen LogP contribution in [0.5, 0.6) is 0 Å². The molecule has 6 atom stereocenters. The number of nitrogens with one attached hydrogen (secondary N) is 2. The SMILES string of the molecule is CC(NC(=O)CS(C)(=O)=O)[C@H]1C(=O)N2C(C(=O)O)=C(S[C@@H]3CN[C@H](C(=O)N(C)C)C3)[C@H](C)[C@H]12. The summed E-state index contributed by atoms with van der Waals surface area (Å²) in [5.41, 5.74) is -0.0456. The maximum Gasteiger partial charge on any atom is 0.353 e. The van der Waals surface area contributed by atoms with E-state index in [1.54, 1.807) is 21.0 Å². The van der Waals surface area contributed by atoms with Gasteiger partial charge in [-0.05, 0) is 13.3 Å². The summed E-state index contributed by atoms with van der Waals surface area (Å²) in [6, 6.07) is -1.42. The van der Waals surface area contributed by atoms with E-state index in [0.717, 1.165) is 6.26 Å². The molecule has 0 aromatic rings. The lowest BCUT2D eigenvalue weighted by Crippen LogP contribution is -2.66. The van der Waals surface area contributed by atoms with Crippen molar-refractivity contribution in [2.45, 2.75) is 43.6 Å². The Kier molecular flexibility index (Phi) is 7.16. The lowest BCUT2D eigenvalue weighted by molar-refractivity contribution is -0.158. The molecule has 3 N–H and O–H groups in total. The number of nitrogens with zero attached hydrogens (tertiary/aromatic N) is 2. The molecule has 2 fully saturated rings. The third kappa shape index (κ3) is 5.04. The first-order valence-electron chi connectivity index (χ1n) is 10.6. The number of thioether (sulfide) groups is 1. The number of carbonyl (C=O) groups is 4. The molecule has 13 heteroatoms. The Hall–Kier alpha value is -2.12. The summed E-state index contributed by atoms with van der Waals surface area (Å²) in [5, 5.41) is 15.6. The highest BCUT2D eigenvalue weighted by molar-refractivity contribution is 8.03. The van der Waals surface area contributed by atoms with Gasteiger partial charge in [0.25, 0.3) is 0 Å². The van der Waals surface area contributed by atoms with E-state index in [4.69, 9.17) is 0 Å².